The van der Waals surface area contributed by atoms with Crippen molar-refractivity contribution in [1.82, 2.24) is 14.9 Å². The minimum atomic E-state index is -0.338. The van der Waals surface area contributed by atoms with Gasteiger partial charge in [-0.3, -0.25) is 4.79 Å². The number of thioether (sulfide) groups is 1. The molecule has 0 radical (unpaired) electrons. The second-order valence-electron chi connectivity index (χ2n) is 5.77. The Morgan fingerprint density at radius 3 is 2.65 bits per heavy atom. The minimum absolute atomic E-state index is 0.145. The molecule has 2 aromatic carbocycles. The van der Waals surface area contributed by atoms with Gasteiger partial charge in [0.1, 0.15) is 5.82 Å². The Balaban J connectivity index is 1.66. The first-order valence-corrected chi connectivity index (χ1v) is 8.89. The first-order chi connectivity index (χ1) is 12.5. The summed E-state index contributed by atoms with van der Waals surface area (Å²) in [6.07, 6.45) is 0. The number of hydrogen-bond donors (Lipinski definition) is 2. The van der Waals surface area contributed by atoms with Crippen LogP contribution in [-0.2, 0) is 4.79 Å². The van der Waals surface area contributed by atoms with E-state index in [4.69, 9.17) is 5.84 Å². The van der Waals surface area contributed by atoms with Gasteiger partial charge in [0.25, 0.3) is 0 Å². The molecule has 1 aromatic heterocycles. The number of hydrogen-bond acceptors (Lipinski definition) is 5. The third kappa shape index (κ3) is 3.85. The van der Waals surface area contributed by atoms with Gasteiger partial charge in [0.2, 0.25) is 11.1 Å². The summed E-state index contributed by atoms with van der Waals surface area (Å²) in [5.74, 6) is 6.06. The molecule has 6 nitrogen and oxygen atoms in total. The zero-order chi connectivity index (χ0) is 18.7. The molecule has 0 atom stereocenters. The molecule has 0 bridgehead atoms. The van der Waals surface area contributed by atoms with Gasteiger partial charge >= 0.3 is 0 Å². The molecule has 0 aliphatic rings. The lowest BCUT2D eigenvalue weighted by Gasteiger charge is -2.10. The minimum Gasteiger partial charge on any atom is -0.335 e. The highest BCUT2D eigenvalue weighted by atomic mass is 32.2. The number of amides is 1. The summed E-state index contributed by atoms with van der Waals surface area (Å²) in [7, 11) is 0. The molecule has 3 aromatic rings. The maximum Gasteiger partial charge on any atom is 0.234 e. The Bertz CT molecular complexity index is 939. The Morgan fingerprint density at radius 1 is 1.19 bits per heavy atom. The molecular weight excluding hydrogens is 353 g/mol. The van der Waals surface area contributed by atoms with Crippen molar-refractivity contribution in [1.29, 1.82) is 0 Å². The third-order valence-electron chi connectivity index (χ3n) is 3.98. The first-order valence-electron chi connectivity index (χ1n) is 7.91. The lowest BCUT2D eigenvalue weighted by atomic mass is 10.1. The Morgan fingerprint density at radius 2 is 1.92 bits per heavy atom. The first kappa shape index (κ1) is 17.9. The highest BCUT2D eigenvalue weighted by Crippen LogP contribution is 2.23. The number of aryl methyl sites for hydroxylation is 1. The van der Waals surface area contributed by atoms with Gasteiger partial charge in [-0.1, -0.05) is 23.9 Å². The number of anilines is 1. The second kappa shape index (κ2) is 7.57. The number of nitrogens with one attached hydrogen (secondary N) is 1. The van der Waals surface area contributed by atoms with Crippen molar-refractivity contribution in [2.75, 3.05) is 16.9 Å². The summed E-state index contributed by atoms with van der Waals surface area (Å²) in [6, 6.07) is 11.6. The van der Waals surface area contributed by atoms with Crippen molar-refractivity contribution in [3.8, 4) is 11.4 Å². The van der Waals surface area contributed by atoms with Crippen LogP contribution in [0.2, 0.25) is 0 Å². The van der Waals surface area contributed by atoms with Crippen LogP contribution in [0.1, 0.15) is 11.1 Å². The topological polar surface area (TPSA) is 85.8 Å². The van der Waals surface area contributed by atoms with Crippen LogP contribution >= 0.6 is 11.8 Å². The lowest BCUT2D eigenvalue weighted by Crippen LogP contribution is -2.17. The van der Waals surface area contributed by atoms with Gasteiger partial charge < -0.3 is 11.2 Å². The molecule has 134 valence electrons. The fourth-order valence-corrected chi connectivity index (χ4v) is 3.03. The molecule has 0 saturated heterocycles. The number of carbonyl (C=O) groups is 1. The molecule has 0 spiro atoms. The monoisotopic (exact) mass is 371 g/mol. The molecule has 0 saturated carbocycles. The molecule has 1 amide bonds. The fourth-order valence-electron chi connectivity index (χ4n) is 2.37. The van der Waals surface area contributed by atoms with E-state index in [-0.39, 0.29) is 17.5 Å². The summed E-state index contributed by atoms with van der Waals surface area (Å²) >= 11 is 1.18. The molecule has 1 heterocycles. The summed E-state index contributed by atoms with van der Waals surface area (Å²) in [4.78, 5) is 12.2. The smallest absolute Gasteiger partial charge is 0.234 e. The molecule has 0 unspecified atom stereocenters. The number of carbonyl (C=O) groups excluding carboxylic acids is 1. The van der Waals surface area contributed by atoms with E-state index in [1.807, 2.05) is 32.0 Å². The zero-order valence-electron chi connectivity index (χ0n) is 14.4. The highest BCUT2D eigenvalue weighted by molar-refractivity contribution is 7.99. The summed E-state index contributed by atoms with van der Waals surface area (Å²) in [6.45, 7) is 3.96. The van der Waals surface area contributed by atoms with Crippen molar-refractivity contribution in [2.24, 2.45) is 0 Å². The number of halogens is 1. The number of rotatable bonds is 5. The zero-order valence-corrected chi connectivity index (χ0v) is 15.2. The number of nitrogen functional groups attached to an aromatic ring is 1. The largest absolute Gasteiger partial charge is 0.335 e. The number of benzene rings is 2. The van der Waals surface area contributed by atoms with Crippen molar-refractivity contribution >= 4 is 23.4 Å². The summed E-state index contributed by atoms with van der Waals surface area (Å²) < 4.78 is 14.3. The fraction of sp³-hybridized carbons (Fsp3) is 0.167. The van der Waals surface area contributed by atoms with Crippen LogP contribution in [0.3, 0.4) is 0 Å². The second-order valence-corrected chi connectivity index (χ2v) is 6.71. The van der Waals surface area contributed by atoms with E-state index in [0.717, 1.165) is 16.8 Å². The standard InChI is InChI=1S/C18H18FN5OS/c1-11-4-3-5-15(12(11)2)21-16(25)10-26-18-23-22-17(24(18)20)13-6-8-14(19)9-7-13/h3-9H,10,20H2,1-2H3,(H,21,25). The van der Waals surface area contributed by atoms with Crippen LogP contribution < -0.4 is 11.2 Å². The Hall–Kier alpha value is -2.87. The maximum atomic E-state index is 13.0. The number of nitrogens with two attached hydrogens (primary N) is 1. The van der Waals surface area contributed by atoms with Crippen LogP contribution in [-0.4, -0.2) is 26.5 Å². The molecular formula is C18H18FN5OS. The lowest BCUT2D eigenvalue weighted by molar-refractivity contribution is -0.113. The van der Waals surface area contributed by atoms with E-state index in [1.165, 1.54) is 28.6 Å². The van der Waals surface area contributed by atoms with Crippen molar-refractivity contribution in [3.05, 3.63) is 59.4 Å². The average Bonchev–Trinajstić information content (AvgIpc) is 2.99. The number of nitrogens with zero attached hydrogens (tertiary/aromatic N) is 3. The predicted molar refractivity (Wildman–Crippen MR) is 101 cm³/mol. The van der Waals surface area contributed by atoms with Gasteiger partial charge in [-0.15, -0.1) is 10.2 Å². The van der Waals surface area contributed by atoms with Crippen molar-refractivity contribution in [2.45, 2.75) is 19.0 Å². The normalized spacial score (nSPS) is 10.7. The van der Waals surface area contributed by atoms with E-state index >= 15 is 0 Å². The van der Waals surface area contributed by atoms with E-state index in [2.05, 4.69) is 15.5 Å². The van der Waals surface area contributed by atoms with Gasteiger partial charge in [0.05, 0.1) is 5.75 Å². The van der Waals surface area contributed by atoms with Crippen molar-refractivity contribution in [3.63, 3.8) is 0 Å². The Labute approximate surface area is 154 Å². The highest BCUT2D eigenvalue weighted by Gasteiger charge is 2.14. The Kier molecular flexibility index (Phi) is 5.22. The van der Waals surface area contributed by atoms with Crippen LogP contribution in [0, 0.1) is 19.7 Å². The van der Waals surface area contributed by atoms with Crippen LogP contribution in [0.4, 0.5) is 10.1 Å². The van der Waals surface area contributed by atoms with E-state index in [1.54, 1.807) is 12.1 Å². The average molecular weight is 371 g/mol. The van der Waals surface area contributed by atoms with Crippen LogP contribution in [0.5, 0.6) is 0 Å². The quantitative estimate of drug-likeness (QED) is 0.532. The summed E-state index contributed by atoms with van der Waals surface area (Å²) in [5.41, 5.74) is 3.58. The van der Waals surface area contributed by atoms with Crippen molar-refractivity contribution < 1.29 is 9.18 Å². The van der Waals surface area contributed by atoms with E-state index in [0.29, 0.717) is 16.5 Å². The molecule has 0 aliphatic carbocycles. The van der Waals surface area contributed by atoms with Gasteiger partial charge in [0, 0.05) is 11.3 Å². The van der Waals surface area contributed by atoms with Gasteiger partial charge in [-0.05, 0) is 55.3 Å². The van der Waals surface area contributed by atoms with Crippen LogP contribution in [0.15, 0.2) is 47.6 Å². The number of aromatic nitrogens is 3. The molecule has 3 rings (SSSR count). The van der Waals surface area contributed by atoms with E-state index in [9.17, 15) is 9.18 Å². The SMILES string of the molecule is Cc1cccc(NC(=O)CSc2nnc(-c3ccc(F)cc3)n2N)c1C. The summed E-state index contributed by atoms with van der Waals surface area (Å²) in [5, 5.41) is 11.3. The molecule has 26 heavy (non-hydrogen) atoms. The maximum absolute atomic E-state index is 13.0. The molecule has 3 N–H and O–H groups in total. The van der Waals surface area contributed by atoms with Gasteiger partial charge in [-0.2, -0.15) is 0 Å². The van der Waals surface area contributed by atoms with Crippen LogP contribution in [0.25, 0.3) is 11.4 Å². The molecule has 8 heteroatoms. The van der Waals surface area contributed by atoms with E-state index < -0.39 is 0 Å². The van der Waals surface area contributed by atoms with Gasteiger partial charge in [0.15, 0.2) is 5.82 Å². The molecule has 0 fully saturated rings. The third-order valence-corrected chi connectivity index (χ3v) is 4.92. The van der Waals surface area contributed by atoms with Gasteiger partial charge in [-0.25, -0.2) is 9.07 Å². The predicted octanol–water partition coefficient (Wildman–Crippen LogP) is 3.15. The molecule has 0 aliphatic heterocycles.